The number of nitrogens with one attached hydrogen (secondary N) is 2. The van der Waals surface area contributed by atoms with E-state index in [1.807, 2.05) is 60.5 Å². The second kappa shape index (κ2) is 19.3. The lowest BCUT2D eigenvalue weighted by Gasteiger charge is -2.45. The highest BCUT2D eigenvalue weighted by atomic mass is 35.5. The summed E-state index contributed by atoms with van der Waals surface area (Å²) in [7, 11) is 1.55. The minimum absolute atomic E-state index is 0.0917. The van der Waals surface area contributed by atoms with Crippen LogP contribution in [0.25, 0.3) is 32.3 Å². The maximum absolute atomic E-state index is 13.8. The fourth-order valence-electron chi connectivity index (χ4n) is 9.86. The third-order valence-corrected chi connectivity index (χ3v) is 16.2. The van der Waals surface area contributed by atoms with Gasteiger partial charge in [0.05, 0.1) is 10.6 Å². The first kappa shape index (κ1) is 46.2. The molecule has 0 radical (unpaired) electrons. The van der Waals surface area contributed by atoms with Crippen LogP contribution in [0.2, 0.25) is 5.02 Å². The number of hydrogen-bond acceptors (Lipinski definition) is 13. The van der Waals surface area contributed by atoms with Crippen LogP contribution in [0.15, 0.2) is 77.2 Å². The van der Waals surface area contributed by atoms with E-state index in [2.05, 4.69) is 58.0 Å². The van der Waals surface area contributed by atoms with E-state index in [1.54, 1.807) is 11.9 Å². The Kier molecular flexibility index (Phi) is 13.3. The standard InChI is InChI=1S/C50H51ClN6O8S2/c1-50(2)25-33(53-32-8-4-7-31(24-32)46-44(51)45(41(26-59)67-46)64-27-42(60)61)18-21-56(50)66-28-29-12-15-40-37(23-29)54-49(65-40)55-19-16-30(17-20-55)34-13-14-38-43-35(34)9-5-10-36(43)48(63)57(38)39(11-6-22-58)47(62)52-3/h4-5,7-10,12-15,22-24,26,30,33,39,53H,6,11,16-21,25,27-28H2,1-3H3,(H,52,62)(H,60,61). The quantitative estimate of drug-likeness (QED) is 0.0583. The number of likely N-dealkylation sites (N-methyl/N-ethyl adjacent to an activating group) is 1. The number of fused-ring (bicyclic) bond motifs is 1. The fourth-order valence-corrected chi connectivity index (χ4v) is 12.4. The number of aromatic nitrogens is 1. The number of aldehydes is 2. The van der Waals surface area contributed by atoms with Crippen molar-refractivity contribution in [1.82, 2.24) is 14.6 Å². The highest BCUT2D eigenvalue weighted by Crippen LogP contribution is 2.47. The Balaban J connectivity index is 0.806. The third kappa shape index (κ3) is 9.24. The van der Waals surface area contributed by atoms with Crippen LogP contribution in [0, 0.1) is 0 Å². The predicted molar refractivity (Wildman–Crippen MR) is 264 cm³/mol. The molecule has 3 aliphatic rings. The molecular formula is C50H51ClN6O8S2. The molecule has 0 saturated carbocycles. The van der Waals surface area contributed by atoms with Crippen molar-refractivity contribution >= 4 is 105 Å². The number of piperidine rings is 2. The summed E-state index contributed by atoms with van der Waals surface area (Å²) >= 11 is 9.61. The summed E-state index contributed by atoms with van der Waals surface area (Å²) < 4.78 is 14.1. The molecule has 67 heavy (non-hydrogen) atoms. The minimum Gasteiger partial charge on any atom is -0.479 e. The van der Waals surface area contributed by atoms with E-state index in [9.17, 15) is 24.0 Å². The number of carbonyl (C=O) groups is 5. The number of rotatable bonds is 17. The van der Waals surface area contributed by atoms with Crippen LogP contribution in [-0.4, -0.2) is 95.7 Å². The number of halogens is 1. The minimum atomic E-state index is -1.15. The molecule has 6 aromatic rings. The van der Waals surface area contributed by atoms with Gasteiger partial charge in [-0.15, -0.1) is 11.3 Å². The van der Waals surface area contributed by atoms with E-state index < -0.39 is 18.6 Å². The number of aliphatic carboxylic acids is 1. The van der Waals surface area contributed by atoms with Crippen LogP contribution in [0.3, 0.4) is 0 Å². The predicted octanol–water partition coefficient (Wildman–Crippen LogP) is 9.58. The molecule has 0 spiro atoms. The maximum atomic E-state index is 13.8. The van der Waals surface area contributed by atoms with Crippen molar-refractivity contribution in [3.8, 4) is 16.2 Å². The molecule has 3 aliphatic heterocycles. The summed E-state index contributed by atoms with van der Waals surface area (Å²) in [5.41, 5.74) is 6.88. The van der Waals surface area contributed by atoms with Gasteiger partial charge in [0.1, 0.15) is 27.7 Å². The third-order valence-electron chi connectivity index (χ3n) is 13.1. The average Bonchev–Trinajstić information content (AvgIpc) is 3.99. The van der Waals surface area contributed by atoms with Gasteiger partial charge in [-0.2, -0.15) is 4.98 Å². The van der Waals surface area contributed by atoms with E-state index in [1.165, 1.54) is 22.5 Å². The topological polar surface area (TPSA) is 175 Å². The normalized spacial score (nSPS) is 17.8. The molecular weight excluding hydrogens is 912 g/mol. The number of carbonyl (C=O) groups excluding carboxylic acids is 4. The number of nitrogens with zero attached hydrogens (tertiary/aromatic N) is 4. The van der Waals surface area contributed by atoms with Crippen molar-refractivity contribution < 1.29 is 38.2 Å². The number of carboxylic acid groups (broad SMARTS) is 1. The van der Waals surface area contributed by atoms with Gasteiger partial charge in [0.15, 0.2) is 24.2 Å². The van der Waals surface area contributed by atoms with Crippen LogP contribution >= 0.6 is 34.9 Å². The van der Waals surface area contributed by atoms with Gasteiger partial charge in [0.2, 0.25) is 5.91 Å². The fraction of sp³-hybridized carbons (Fsp3) is 0.360. The zero-order valence-electron chi connectivity index (χ0n) is 37.4. The molecule has 0 aliphatic carbocycles. The average molecular weight is 964 g/mol. The van der Waals surface area contributed by atoms with Crippen LogP contribution in [0.5, 0.6) is 5.75 Å². The number of ether oxygens (including phenoxy) is 1. The number of anilines is 3. The van der Waals surface area contributed by atoms with Gasteiger partial charge in [0.25, 0.3) is 11.9 Å². The lowest BCUT2D eigenvalue weighted by molar-refractivity contribution is -0.139. The van der Waals surface area contributed by atoms with Crippen molar-refractivity contribution in [1.29, 1.82) is 0 Å². The molecule has 4 aromatic carbocycles. The zero-order chi connectivity index (χ0) is 47.0. The van der Waals surface area contributed by atoms with Gasteiger partial charge in [-0.3, -0.25) is 19.3 Å². The SMILES string of the molecule is CNC(=O)C(CCC=O)N1C(=O)c2cccc3c(C4CCN(c5nc6cc(CSN7CCC(Nc8cccc(-c9sc(C=O)c(OCC(=O)O)c9Cl)c8)CC7(C)C)ccc6o5)CC4)ccc1c23. The van der Waals surface area contributed by atoms with Crippen LogP contribution in [0.1, 0.15) is 89.4 Å². The lowest BCUT2D eigenvalue weighted by atomic mass is 9.85. The molecule has 2 aromatic heterocycles. The molecule has 3 N–H and O–H groups in total. The highest BCUT2D eigenvalue weighted by Gasteiger charge is 2.39. The monoisotopic (exact) mass is 962 g/mol. The molecule has 348 valence electrons. The molecule has 9 rings (SSSR count). The molecule has 2 saturated heterocycles. The van der Waals surface area contributed by atoms with Crippen LogP contribution < -0.4 is 25.2 Å². The summed E-state index contributed by atoms with van der Waals surface area (Å²) in [4.78, 5) is 70.4. The van der Waals surface area contributed by atoms with E-state index in [-0.39, 0.29) is 57.8 Å². The Bertz CT molecular complexity index is 2890. The molecule has 2 atom stereocenters. The highest BCUT2D eigenvalue weighted by molar-refractivity contribution is 7.96. The van der Waals surface area contributed by atoms with E-state index >= 15 is 0 Å². The number of oxazole rings is 1. The molecule has 2 unspecified atom stereocenters. The Morgan fingerprint density at radius 3 is 2.61 bits per heavy atom. The van der Waals surface area contributed by atoms with Crippen molar-refractivity contribution in [2.45, 2.75) is 81.7 Å². The van der Waals surface area contributed by atoms with Gasteiger partial charge < -0.3 is 34.6 Å². The van der Waals surface area contributed by atoms with E-state index in [0.717, 1.165) is 90.5 Å². The van der Waals surface area contributed by atoms with Crippen molar-refractivity contribution in [3.63, 3.8) is 0 Å². The molecule has 2 amide bonds. The smallest absolute Gasteiger partial charge is 0.341 e. The Hall–Kier alpha value is -5.94. The second-order valence-corrected chi connectivity index (χ2v) is 20.3. The summed E-state index contributed by atoms with van der Waals surface area (Å²) in [6.07, 6.45) is 5.46. The Morgan fingerprint density at radius 2 is 1.87 bits per heavy atom. The molecule has 0 bridgehead atoms. The number of amides is 2. The zero-order valence-corrected chi connectivity index (χ0v) is 39.8. The summed E-state index contributed by atoms with van der Waals surface area (Å²) in [5, 5.41) is 17.6. The van der Waals surface area contributed by atoms with Crippen molar-refractivity contribution in [2.75, 3.05) is 48.4 Å². The van der Waals surface area contributed by atoms with E-state index in [0.29, 0.717) is 28.4 Å². The number of carboxylic acids is 1. The van der Waals surface area contributed by atoms with E-state index in [4.69, 9.17) is 30.8 Å². The largest absolute Gasteiger partial charge is 0.479 e. The van der Waals surface area contributed by atoms with Gasteiger partial charge in [0, 0.05) is 67.1 Å². The summed E-state index contributed by atoms with van der Waals surface area (Å²) in [6, 6.07) is 24.1. The molecule has 5 heterocycles. The van der Waals surface area contributed by atoms with Gasteiger partial charge in [-0.05, 0) is 110 Å². The van der Waals surface area contributed by atoms with Gasteiger partial charge in [-0.25, -0.2) is 9.10 Å². The molecule has 17 heteroatoms. The summed E-state index contributed by atoms with van der Waals surface area (Å²) in [6.45, 7) is 6.38. The van der Waals surface area contributed by atoms with Crippen LogP contribution in [0.4, 0.5) is 17.4 Å². The van der Waals surface area contributed by atoms with Crippen LogP contribution in [-0.2, 0) is 20.1 Å². The Morgan fingerprint density at radius 1 is 1.06 bits per heavy atom. The lowest BCUT2D eigenvalue weighted by Crippen LogP contribution is -2.49. The van der Waals surface area contributed by atoms with Crippen molar-refractivity contribution in [2.24, 2.45) is 0 Å². The molecule has 2 fully saturated rings. The molecule has 14 nitrogen and oxygen atoms in total. The number of benzene rings is 4. The number of thiophene rings is 1. The van der Waals surface area contributed by atoms with Crippen molar-refractivity contribution in [3.05, 3.63) is 99.4 Å². The van der Waals surface area contributed by atoms with Gasteiger partial charge >= 0.3 is 5.97 Å². The summed E-state index contributed by atoms with van der Waals surface area (Å²) in [5.74, 6) is -0.518. The first-order valence-corrected chi connectivity index (χ1v) is 24.6. The Labute approximate surface area is 401 Å². The first-order chi connectivity index (χ1) is 32.4. The second-order valence-electron chi connectivity index (χ2n) is 17.9. The number of hydrogen-bond donors (Lipinski definition) is 3. The maximum Gasteiger partial charge on any atom is 0.341 e. The van der Waals surface area contributed by atoms with Gasteiger partial charge in [-0.1, -0.05) is 59.9 Å². The first-order valence-electron chi connectivity index (χ1n) is 22.5.